The maximum Gasteiger partial charge on any atom is 0.441 e. The van der Waals surface area contributed by atoms with Gasteiger partial charge in [-0.15, -0.1) is 0 Å². The van der Waals surface area contributed by atoms with Crippen molar-refractivity contribution in [1.29, 1.82) is 5.41 Å². The summed E-state index contributed by atoms with van der Waals surface area (Å²) in [5.41, 5.74) is 0.924. The summed E-state index contributed by atoms with van der Waals surface area (Å²) >= 11 is 1.59. The summed E-state index contributed by atoms with van der Waals surface area (Å²) in [6, 6.07) is 11.1. The molecule has 29 heavy (non-hydrogen) atoms. The highest BCUT2D eigenvalue weighted by Gasteiger charge is 2.46. The molecule has 0 unspecified atom stereocenters. The first-order chi connectivity index (χ1) is 13.7. The van der Waals surface area contributed by atoms with Gasteiger partial charge in [0.25, 0.3) is 5.91 Å². The summed E-state index contributed by atoms with van der Waals surface area (Å²) < 4.78 is 44.2. The van der Waals surface area contributed by atoms with Gasteiger partial charge < -0.3 is 4.42 Å². The normalized spacial score (nSPS) is 18.2. The highest BCUT2D eigenvalue weighted by atomic mass is 32.2. The van der Waals surface area contributed by atoms with Crippen LogP contribution in [0.3, 0.4) is 0 Å². The number of nitrogens with one attached hydrogen (secondary N) is 1. The largest absolute Gasteiger partial charge is 0.450 e. The molecule has 1 N–H and O–H groups in total. The molecule has 2 aromatic rings. The number of halogens is 3. The molecular formula is C18H11F3N4O2S2. The Labute approximate surface area is 171 Å². The van der Waals surface area contributed by atoms with Crippen LogP contribution >= 0.6 is 23.5 Å². The number of hydrogen-bond donors (Lipinski definition) is 1. The third-order valence-corrected chi connectivity index (χ3v) is 5.71. The average molecular weight is 436 g/mol. The van der Waals surface area contributed by atoms with E-state index in [9.17, 15) is 18.0 Å². The monoisotopic (exact) mass is 436 g/mol. The lowest BCUT2D eigenvalue weighted by atomic mass is 10.1. The van der Waals surface area contributed by atoms with Crippen LogP contribution in [0.2, 0.25) is 0 Å². The molecule has 11 heteroatoms. The maximum atomic E-state index is 12.9. The summed E-state index contributed by atoms with van der Waals surface area (Å²) in [6.45, 7) is 1.98. The predicted octanol–water partition coefficient (Wildman–Crippen LogP) is 4.92. The number of nitrogens with zero attached hydrogens (tertiary/aromatic N) is 3. The Morgan fingerprint density at radius 1 is 1.21 bits per heavy atom. The van der Waals surface area contributed by atoms with E-state index in [1.54, 1.807) is 12.1 Å². The smallest absolute Gasteiger partial charge is 0.441 e. The van der Waals surface area contributed by atoms with Gasteiger partial charge in [-0.25, -0.2) is 0 Å². The lowest BCUT2D eigenvalue weighted by Gasteiger charge is -2.19. The van der Waals surface area contributed by atoms with Gasteiger partial charge in [0.05, 0.1) is 5.57 Å². The highest BCUT2D eigenvalue weighted by molar-refractivity contribution is 8.27. The molecular weight excluding hydrogens is 425 g/mol. The second-order valence-corrected chi connectivity index (χ2v) is 8.03. The number of amidine groups is 2. The minimum Gasteiger partial charge on any atom is -0.450 e. The Morgan fingerprint density at radius 2 is 1.93 bits per heavy atom. The van der Waals surface area contributed by atoms with Gasteiger partial charge in [0.15, 0.2) is 10.9 Å². The van der Waals surface area contributed by atoms with Gasteiger partial charge in [0.2, 0.25) is 10.2 Å². The van der Waals surface area contributed by atoms with Gasteiger partial charge in [-0.05, 0) is 49.0 Å². The fourth-order valence-electron chi connectivity index (χ4n) is 2.44. The number of hydrazone groups is 1. The first-order valence-corrected chi connectivity index (χ1v) is 9.76. The quantitative estimate of drug-likeness (QED) is 0.691. The lowest BCUT2D eigenvalue weighted by Crippen LogP contribution is -2.35. The maximum absolute atomic E-state index is 12.9. The number of fused-ring (bicyclic) bond motifs is 1. The second-order valence-electron chi connectivity index (χ2n) is 5.99. The number of hydrogen-bond acceptors (Lipinski definition) is 6. The molecule has 0 fully saturated rings. The van der Waals surface area contributed by atoms with Crippen molar-refractivity contribution in [1.82, 2.24) is 5.01 Å². The first kappa shape index (κ1) is 19.5. The Morgan fingerprint density at radius 3 is 2.62 bits per heavy atom. The molecule has 2 aliphatic rings. The summed E-state index contributed by atoms with van der Waals surface area (Å²) in [6.07, 6.45) is -3.41. The number of aryl methyl sites for hydroxylation is 1. The molecule has 1 amide bonds. The van der Waals surface area contributed by atoms with Crippen molar-refractivity contribution in [3.8, 4) is 0 Å². The van der Waals surface area contributed by atoms with E-state index in [-0.39, 0.29) is 28.3 Å². The number of alkyl halides is 3. The molecule has 148 valence electrons. The molecule has 0 saturated carbocycles. The van der Waals surface area contributed by atoms with Gasteiger partial charge in [-0.1, -0.05) is 29.5 Å². The Hall–Kier alpha value is -2.79. The zero-order chi connectivity index (χ0) is 20.8. The zero-order valence-electron chi connectivity index (χ0n) is 14.6. The van der Waals surface area contributed by atoms with Crippen LogP contribution < -0.4 is 0 Å². The van der Waals surface area contributed by atoms with Crippen LogP contribution in [-0.2, 0) is 4.79 Å². The molecule has 4 rings (SSSR count). The molecule has 1 aromatic carbocycles. The second kappa shape index (κ2) is 7.23. The number of furan rings is 1. The summed E-state index contributed by atoms with van der Waals surface area (Å²) in [5, 5.41) is 11.2. The van der Waals surface area contributed by atoms with E-state index in [0.29, 0.717) is 10.1 Å². The van der Waals surface area contributed by atoms with Crippen molar-refractivity contribution < 1.29 is 22.4 Å². The van der Waals surface area contributed by atoms with Gasteiger partial charge in [0.1, 0.15) is 5.76 Å². The number of benzene rings is 1. The molecule has 0 bridgehead atoms. The van der Waals surface area contributed by atoms with Gasteiger partial charge in [-0.2, -0.15) is 28.3 Å². The topological polar surface area (TPSA) is 82.0 Å². The third kappa shape index (κ3) is 4.01. The standard InChI is InChI=1S/C18H11F3N4O2S2/c1-9-2-5-11(6-3-9)28-13-7-4-10(27-13)8-12-14(22)25-17(23-15(12)26)29-16(24-25)18(19,20)21/h2-8,22H,1H3/b12-8-,22-14?. The Kier molecular flexibility index (Phi) is 4.87. The molecule has 1 aromatic heterocycles. The molecule has 0 saturated heterocycles. The van der Waals surface area contributed by atoms with Gasteiger partial charge in [0, 0.05) is 4.90 Å². The van der Waals surface area contributed by atoms with Crippen LogP contribution in [0.4, 0.5) is 13.2 Å². The molecule has 0 aliphatic carbocycles. The van der Waals surface area contributed by atoms with Gasteiger partial charge >= 0.3 is 6.18 Å². The van der Waals surface area contributed by atoms with E-state index in [2.05, 4.69) is 10.1 Å². The van der Waals surface area contributed by atoms with Crippen molar-refractivity contribution in [3.63, 3.8) is 0 Å². The minimum absolute atomic E-state index is 0.206. The van der Waals surface area contributed by atoms with E-state index in [0.717, 1.165) is 10.5 Å². The van der Waals surface area contributed by atoms with Crippen LogP contribution in [0.1, 0.15) is 11.3 Å². The number of carbonyl (C=O) groups excluding carboxylic acids is 1. The average Bonchev–Trinajstić information content (AvgIpc) is 3.27. The van der Waals surface area contributed by atoms with Crippen molar-refractivity contribution in [3.05, 3.63) is 53.3 Å². The Bertz CT molecular complexity index is 1100. The lowest BCUT2D eigenvalue weighted by molar-refractivity contribution is -0.114. The number of carbonyl (C=O) groups is 1. The summed E-state index contributed by atoms with van der Waals surface area (Å²) in [4.78, 5) is 16.8. The SMILES string of the molecule is Cc1ccc(Sc2ccc(/C=C3/C(=N)N4N=C(C(F)(F)F)SC4=NC3=O)o2)cc1. The summed E-state index contributed by atoms with van der Waals surface area (Å²) in [5.74, 6) is -1.04. The van der Waals surface area contributed by atoms with Crippen molar-refractivity contribution in [2.45, 2.75) is 23.1 Å². The van der Waals surface area contributed by atoms with E-state index >= 15 is 0 Å². The predicted molar refractivity (Wildman–Crippen MR) is 105 cm³/mol. The number of aliphatic imine (C=N–C) groups is 1. The fraction of sp³-hybridized carbons (Fsp3) is 0.111. The van der Waals surface area contributed by atoms with Crippen LogP contribution in [0, 0.1) is 12.3 Å². The van der Waals surface area contributed by atoms with Crippen molar-refractivity contribution in [2.24, 2.45) is 10.1 Å². The highest BCUT2D eigenvalue weighted by Crippen LogP contribution is 2.36. The fourth-order valence-corrected chi connectivity index (χ4v) is 3.97. The zero-order valence-corrected chi connectivity index (χ0v) is 16.3. The van der Waals surface area contributed by atoms with Crippen LogP contribution in [0.25, 0.3) is 6.08 Å². The summed E-state index contributed by atoms with van der Waals surface area (Å²) in [7, 11) is 0. The van der Waals surface area contributed by atoms with Crippen molar-refractivity contribution >= 4 is 51.6 Å². The van der Waals surface area contributed by atoms with Crippen LogP contribution in [0.15, 0.2) is 66.5 Å². The Balaban J connectivity index is 1.57. The van der Waals surface area contributed by atoms with Crippen molar-refractivity contribution in [2.75, 3.05) is 0 Å². The van der Waals surface area contributed by atoms with E-state index in [1.165, 1.54) is 17.8 Å². The number of amides is 1. The van der Waals surface area contributed by atoms with Crippen LogP contribution in [0.5, 0.6) is 0 Å². The molecule has 2 aliphatic heterocycles. The molecule has 3 heterocycles. The van der Waals surface area contributed by atoms with E-state index < -0.39 is 23.0 Å². The number of thioether (sulfide) groups is 1. The molecule has 0 atom stereocenters. The van der Waals surface area contributed by atoms with Gasteiger partial charge in [-0.3, -0.25) is 10.2 Å². The number of rotatable bonds is 3. The van der Waals surface area contributed by atoms with E-state index in [4.69, 9.17) is 9.83 Å². The molecule has 6 nitrogen and oxygen atoms in total. The van der Waals surface area contributed by atoms with Crippen LogP contribution in [-0.4, -0.2) is 33.1 Å². The van der Waals surface area contributed by atoms with E-state index in [1.807, 2.05) is 31.2 Å². The molecule has 0 spiro atoms. The third-order valence-electron chi connectivity index (χ3n) is 3.83. The minimum atomic E-state index is -4.68. The molecule has 0 radical (unpaired) electrons. The first-order valence-electron chi connectivity index (χ1n) is 8.12.